The van der Waals surface area contributed by atoms with E-state index in [1.54, 1.807) is 6.07 Å². The van der Waals surface area contributed by atoms with Crippen LogP contribution in [0.1, 0.15) is 24.0 Å². The van der Waals surface area contributed by atoms with E-state index in [0.29, 0.717) is 30.8 Å². The van der Waals surface area contributed by atoms with Crippen molar-refractivity contribution in [3.63, 3.8) is 0 Å². The van der Waals surface area contributed by atoms with E-state index in [0.717, 1.165) is 11.1 Å². The number of hydrogen-bond acceptors (Lipinski definition) is 2. The highest BCUT2D eigenvalue weighted by atomic mass is 35.5. The third-order valence-electron chi connectivity index (χ3n) is 2.67. The van der Waals surface area contributed by atoms with Gasteiger partial charge in [-0.25, -0.2) is 0 Å². The summed E-state index contributed by atoms with van der Waals surface area (Å²) in [5, 5.41) is 10.3. The maximum absolute atomic E-state index is 11.8. The summed E-state index contributed by atoms with van der Waals surface area (Å²) in [4.78, 5) is 11.8. The number of nitrogens with one attached hydrogen (secondary N) is 2. The highest BCUT2D eigenvalue weighted by Gasteiger charge is 2.09. The molecule has 0 aliphatic rings. The number of aryl methyl sites for hydroxylation is 1. The third-order valence-corrected chi connectivity index (χ3v) is 3.03. The van der Waals surface area contributed by atoms with E-state index in [9.17, 15) is 4.79 Å². The van der Waals surface area contributed by atoms with E-state index >= 15 is 0 Å². The molecule has 4 nitrogen and oxygen atoms in total. The summed E-state index contributed by atoms with van der Waals surface area (Å²) in [6, 6.07) is 5.63. The Morgan fingerprint density at radius 1 is 1.50 bits per heavy atom. The maximum atomic E-state index is 11.8. The molecule has 4 N–H and O–H groups in total. The smallest absolute Gasteiger partial charge is 0.185 e. The van der Waals surface area contributed by atoms with Crippen molar-refractivity contribution >= 4 is 23.3 Å². The summed E-state index contributed by atoms with van der Waals surface area (Å²) in [5.41, 5.74) is 7.09. The molecule has 0 radical (unpaired) electrons. The van der Waals surface area contributed by atoms with Gasteiger partial charge in [-0.05, 0) is 30.5 Å². The molecule has 0 bridgehead atoms. The highest BCUT2D eigenvalue weighted by molar-refractivity contribution is 6.31. The van der Waals surface area contributed by atoms with Crippen LogP contribution >= 0.6 is 11.6 Å². The van der Waals surface area contributed by atoms with Crippen LogP contribution in [0.3, 0.4) is 0 Å². The van der Waals surface area contributed by atoms with E-state index in [1.165, 1.54) is 0 Å². The molecule has 0 aromatic heterocycles. The minimum atomic E-state index is -0.0654. The number of carbonyl (C=O) groups is 1. The van der Waals surface area contributed by atoms with E-state index in [4.69, 9.17) is 22.7 Å². The lowest BCUT2D eigenvalue weighted by molar-refractivity contribution is -0.118. The summed E-state index contributed by atoms with van der Waals surface area (Å²) in [5.74, 6) is 0.0842. The van der Waals surface area contributed by atoms with Gasteiger partial charge in [0.2, 0.25) is 0 Å². The molecule has 98 valence electrons. The van der Waals surface area contributed by atoms with Gasteiger partial charge in [0, 0.05) is 24.4 Å². The molecule has 1 aromatic rings. The van der Waals surface area contributed by atoms with Gasteiger partial charge in [-0.1, -0.05) is 23.7 Å². The normalized spacial score (nSPS) is 10.1. The van der Waals surface area contributed by atoms with Gasteiger partial charge < -0.3 is 11.1 Å². The maximum Gasteiger partial charge on any atom is 0.185 e. The topological polar surface area (TPSA) is 79.0 Å². The van der Waals surface area contributed by atoms with Crippen LogP contribution in [-0.2, 0) is 11.2 Å². The van der Waals surface area contributed by atoms with Crippen molar-refractivity contribution in [3.05, 3.63) is 34.3 Å². The number of rotatable bonds is 6. The van der Waals surface area contributed by atoms with E-state index < -0.39 is 0 Å². The predicted octanol–water partition coefficient (Wildman–Crippen LogP) is 2.02. The zero-order chi connectivity index (χ0) is 13.5. The van der Waals surface area contributed by atoms with Crippen molar-refractivity contribution in [2.75, 3.05) is 6.54 Å². The van der Waals surface area contributed by atoms with Crippen molar-refractivity contribution in [1.82, 2.24) is 5.32 Å². The number of guanidine groups is 1. The van der Waals surface area contributed by atoms with Gasteiger partial charge in [-0.2, -0.15) is 0 Å². The van der Waals surface area contributed by atoms with Crippen LogP contribution in [0, 0.1) is 12.3 Å². The molecule has 1 aromatic carbocycles. The quantitative estimate of drug-likeness (QED) is 0.419. The summed E-state index contributed by atoms with van der Waals surface area (Å²) >= 11 is 6.07. The first-order valence-electron chi connectivity index (χ1n) is 5.84. The first-order chi connectivity index (χ1) is 8.50. The lowest BCUT2D eigenvalue weighted by Gasteiger charge is -2.07. The van der Waals surface area contributed by atoms with Gasteiger partial charge in [-0.15, -0.1) is 0 Å². The number of carbonyl (C=O) groups excluding carboxylic acids is 1. The molecule has 0 saturated carbocycles. The molecule has 0 heterocycles. The Balaban J connectivity index is 2.43. The average molecular weight is 268 g/mol. The van der Waals surface area contributed by atoms with Crippen molar-refractivity contribution in [1.29, 1.82) is 5.41 Å². The zero-order valence-corrected chi connectivity index (χ0v) is 11.2. The van der Waals surface area contributed by atoms with Crippen molar-refractivity contribution in [2.24, 2.45) is 5.73 Å². The van der Waals surface area contributed by atoms with Crippen LogP contribution in [0.2, 0.25) is 5.02 Å². The van der Waals surface area contributed by atoms with Crippen LogP contribution in [0.25, 0.3) is 0 Å². The second-order valence-corrected chi connectivity index (χ2v) is 4.60. The van der Waals surface area contributed by atoms with Crippen LogP contribution in [-0.4, -0.2) is 18.3 Å². The fraction of sp³-hybridized carbons (Fsp3) is 0.385. The van der Waals surface area contributed by atoms with Gasteiger partial charge >= 0.3 is 0 Å². The van der Waals surface area contributed by atoms with Gasteiger partial charge in [0.25, 0.3) is 0 Å². The number of benzene rings is 1. The summed E-state index contributed by atoms with van der Waals surface area (Å²) in [7, 11) is 0. The monoisotopic (exact) mass is 267 g/mol. The average Bonchev–Trinajstić information content (AvgIpc) is 2.29. The number of halogens is 1. The standard InChI is InChI=1S/C13H18ClN3O/c1-9-4-2-6-12(14)11(9)8-10(18)5-3-7-17-13(15)16/h2,4,6H,3,5,7-8H2,1H3,(H4,15,16,17). The van der Waals surface area contributed by atoms with Crippen molar-refractivity contribution < 1.29 is 4.79 Å². The molecule has 18 heavy (non-hydrogen) atoms. The molecule has 0 spiro atoms. The Labute approximate surface area is 112 Å². The van der Waals surface area contributed by atoms with E-state index in [2.05, 4.69) is 5.32 Å². The fourth-order valence-corrected chi connectivity index (χ4v) is 1.97. The molecular formula is C13H18ClN3O. The minimum Gasteiger partial charge on any atom is -0.370 e. The molecular weight excluding hydrogens is 250 g/mol. The molecule has 0 aliphatic heterocycles. The second-order valence-electron chi connectivity index (χ2n) is 4.19. The fourth-order valence-electron chi connectivity index (χ4n) is 1.68. The molecule has 0 fully saturated rings. The minimum absolute atomic E-state index is 0.0654. The Morgan fingerprint density at radius 3 is 2.83 bits per heavy atom. The number of nitrogens with two attached hydrogens (primary N) is 1. The highest BCUT2D eigenvalue weighted by Crippen LogP contribution is 2.20. The molecule has 0 saturated heterocycles. The van der Waals surface area contributed by atoms with Crippen LogP contribution in [0.15, 0.2) is 18.2 Å². The Bertz CT molecular complexity index is 426. The molecule has 5 heteroatoms. The lowest BCUT2D eigenvalue weighted by Crippen LogP contribution is -2.31. The van der Waals surface area contributed by atoms with Crippen LogP contribution in [0.5, 0.6) is 0 Å². The SMILES string of the molecule is Cc1cccc(Cl)c1CC(=O)CCCNC(=N)N. The van der Waals surface area contributed by atoms with Crippen molar-refractivity contribution in [3.8, 4) is 0 Å². The van der Waals surface area contributed by atoms with E-state index in [-0.39, 0.29) is 11.7 Å². The van der Waals surface area contributed by atoms with Crippen molar-refractivity contribution in [2.45, 2.75) is 26.2 Å². The second kappa shape index (κ2) is 7.01. The zero-order valence-electron chi connectivity index (χ0n) is 10.4. The summed E-state index contributed by atoms with van der Waals surface area (Å²) in [6.07, 6.45) is 1.50. The molecule has 0 unspecified atom stereocenters. The lowest BCUT2D eigenvalue weighted by atomic mass is 10.0. The van der Waals surface area contributed by atoms with Crippen LogP contribution < -0.4 is 11.1 Å². The Hall–Kier alpha value is -1.55. The summed E-state index contributed by atoms with van der Waals surface area (Å²) in [6.45, 7) is 2.49. The Morgan fingerprint density at radius 2 is 2.22 bits per heavy atom. The molecule has 0 amide bonds. The van der Waals surface area contributed by atoms with Gasteiger partial charge in [0.05, 0.1) is 0 Å². The largest absolute Gasteiger partial charge is 0.370 e. The van der Waals surface area contributed by atoms with Crippen LogP contribution in [0.4, 0.5) is 0 Å². The first-order valence-corrected chi connectivity index (χ1v) is 6.22. The molecule has 0 atom stereocenters. The molecule has 1 rings (SSSR count). The molecule has 0 aliphatic carbocycles. The first kappa shape index (κ1) is 14.5. The Kier molecular flexibility index (Phi) is 5.65. The number of Topliss-reactive ketones (excluding diaryl/α,β-unsaturated/α-hetero) is 1. The predicted molar refractivity (Wildman–Crippen MR) is 74.1 cm³/mol. The van der Waals surface area contributed by atoms with Gasteiger partial charge in [0.1, 0.15) is 5.78 Å². The van der Waals surface area contributed by atoms with Gasteiger partial charge in [-0.3, -0.25) is 10.2 Å². The van der Waals surface area contributed by atoms with Gasteiger partial charge in [0.15, 0.2) is 5.96 Å². The third kappa shape index (κ3) is 4.75. The number of hydrogen-bond donors (Lipinski definition) is 3. The van der Waals surface area contributed by atoms with E-state index in [1.807, 2.05) is 19.1 Å². The summed E-state index contributed by atoms with van der Waals surface area (Å²) < 4.78 is 0. The number of ketones is 1.